The molecule has 0 unspecified atom stereocenters. The fraction of sp³-hybridized carbons (Fsp3) is 0.357. The summed E-state index contributed by atoms with van der Waals surface area (Å²) in [7, 11) is 1.66. The Morgan fingerprint density at radius 1 is 1.45 bits per heavy atom. The zero-order valence-corrected chi connectivity index (χ0v) is 12.3. The molecule has 0 saturated carbocycles. The maximum absolute atomic E-state index is 12.2. The van der Waals surface area contributed by atoms with Crippen LogP contribution in [0.4, 0.5) is 0 Å². The Bertz CT molecular complexity index is 679. The molecule has 1 aromatic heterocycles. The van der Waals surface area contributed by atoms with Gasteiger partial charge in [0.2, 0.25) is 5.91 Å². The highest BCUT2D eigenvalue weighted by Gasteiger charge is 2.12. The first-order chi connectivity index (χ1) is 10.6. The van der Waals surface area contributed by atoms with E-state index in [0.717, 1.165) is 5.56 Å². The first-order valence-corrected chi connectivity index (χ1v) is 6.88. The maximum atomic E-state index is 12.2. The fourth-order valence-corrected chi connectivity index (χ4v) is 1.92. The summed E-state index contributed by atoms with van der Waals surface area (Å²) >= 11 is 0. The van der Waals surface area contributed by atoms with Gasteiger partial charge in [-0.15, -0.1) is 0 Å². The third-order valence-electron chi connectivity index (χ3n) is 3.00. The van der Waals surface area contributed by atoms with Crippen molar-refractivity contribution in [2.75, 3.05) is 20.2 Å². The van der Waals surface area contributed by atoms with Gasteiger partial charge in [0.25, 0.3) is 0 Å². The first kappa shape index (κ1) is 15.8. The van der Waals surface area contributed by atoms with E-state index in [1.165, 1.54) is 4.90 Å². The predicted octanol–water partition coefficient (Wildman–Crippen LogP) is -0.363. The molecule has 0 fully saturated rings. The SMILES string of the molecule is CN(Cc1n[nH]c(=O)[nH]1)C(=O)Cc1cccc(OCCN)c1. The first-order valence-electron chi connectivity index (χ1n) is 6.88. The van der Waals surface area contributed by atoms with Gasteiger partial charge in [-0.05, 0) is 17.7 Å². The number of rotatable bonds is 7. The summed E-state index contributed by atoms with van der Waals surface area (Å²) < 4.78 is 5.43. The molecule has 0 aliphatic rings. The Kier molecular flexibility index (Phi) is 5.31. The molecule has 118 valence electrons. The minimum absolute atomic E-state index is 0.0835. The molecule has 1 aromatic carbocycles. The van der Waals surface area contributed by atoms with Gasteiger partial charge in [0, 0.05) is 13.6 Å². The quantitative estimate of drug-likeness (QED) is 0.645. The van der Waals surface area contributed by atoms with Crippen molar-refractivity contribution in [2.45, 2.75) is 13.0 Å². The topological polar surface area (TPSA) is 117 Å². The average molecular weight is 305 g/mol. The van der Waals surface area contributed by atoms with Crippen LogP contribution in [-0.2, 0) is 17.8 Å². The van der Waals surface area contributed by atoms with Gasteiger partial charge < -0.3 is 15.4 Å². The number of benzene rings is 1. The molecule has 1 heterocycles. The fourth-order valence-electron chi connectivity index (χ4n) is 1.92. The van der Waals surface area contributed by atoms with Gasteiger partial charge in [-0.1, -0.05) is 12.1 Å². The van der Waals surface area contributed by atoms with E-state index in [0.29, 0.717) is 24.7 Å². The standard InChI is InChI=1S/C14H19N5O3/c1-19(9-12-16-14(21)18-17-12)13(20)8-10-3-2-4-11(7-10)22-6-5-15/h2-4,7H,5-6,8-9,15H2,1H3,(H2,16,17,18,21). The molecular weight excluding hydrogens is 286 g/mol. The number of nitrogens with one attached hydrogen (secondary N) is 2. The molecule has 2 aromatic rings. The smallest absolute Gasteiger partial charge is 0.340 e. The van der Waals surface area contributed by atoms with Crippen molar-refractivity contribution in [2.24, 2.45) is 5.73 Å². The number of ether oxygens (including phenoxy) is 1. The highest BCUT2D eigenvalue weighted by atomic mass is 16.5. The van der Waals surface area contributed by atoms with Crippen LogP contribution in [0, 0.1) is 0 Å². The zero-order valence-electron chi connectivity index (χ0n) is 12.3. The van der Waals surface area contributed by atoms with E-state index >= 15 is 0 Å². The molecule has 0 saturated heterocycles. The number of nitrogens with two attached hydrogens (primary N) is 1. The lowest BCUT2D eigenvalue weighted by atomic mass is 10.1. The van der Waals surface area contributed by atoms with E-state index in [9.17, 15) is 9.59 Å². The molecule has 0 bridgehead atoms. The monoisotopic (exact) mass is 305 g/mol. The highest BCUT2D eigenvalue weighted by Crippen LogP contribution is 2.14. The van der Waals surface area contributed by atoms with Crippen molar-refractivity contribution in [3.05, 3.63) is 46.1 Å². The lowest BCUT2D eigenvalue weighted by Gasteiger charge is -2.15. The van der Waals surface area contributed by atoms with Crippen molar-refractivity contribution < 1.29 is 9.53 Å². The molecule has 2 rings (SSSR count). The van der Waals surface area contributed by atoms with E-state index in [1.807, 2.05) is 24.3 Å². The lowest BCUT2D eigenvalue weighted by molar-refractivity contribution is -0.129. The summed E-state index contributed by atoms with van der Waals surface area (Å²) in [5, 5.41) is 6.04. The average Bonchev–Trinajstić information content (AvgIpc) is 2.90. The third kappa shape index (κ3) is 4.45. The van der Waals surface area contributed by atoms with Crippen LogP contribution in [0.5, 0.6) is 5.75 Å². The van der Waals surface area contributed by atoms with Crippen LogP contribution >= 0.6 is 0 Å². The largest absolute Gasteiger partial charge is 0.492 e. The normalized spacial score (nSPS) is 10.5. The van der Waals surface area contributed by atoms with E-state index in [2.05, 4.69) is 15.2 Å². The molecule has 8 nitrogen and oxygen atoms in total. The Morgan fingerprint density at radius 3 is 2.95 bits per heavy atom. The number of nitrogens with zero attached hydrogens (tertiary/aromatic N) is 2. The second-order valence-electron chi connectivity index (χ2n) is 4.84. The van der Waals surface area contributed by atoms with Crippen LogP contribution in [0.15, 0.2) is 29.1 Å². The molecule has 4 N–H and O–H groups in total. The van der Waals surface area contributed by atoms with Crippen molar-refractivity contribution in [3.8, 4) is 5.75 Å². The van der Waals surface area contributed by atoms with Crippen LogP contribution in [0.25, 0.3) is 0 Å². The Balaban J connectivity index is 1.94. The highest BCUT2D eigenvalue weighted by molar-refractivity contribution is 5.78. The number of amides is 1. The van der Waals surface area contributed by atoms with Gasteiger partial charge in [-0.3, -0.25) is 9.78 Å². The number of hydrogen-bond acceptors (Lipinski definition) is 5. The van der Waals surface area contributed by atoms with Gasteiger partial charge >= 0.3 is 5.69 Å². The molecule has 0 radical (unpaired) electrons. The summed E-state index contributed by atoms with van der Waals surface area (Å²) in [4.78, 5) is 27.2. The minimum Gasteiger partial charge on any atom is -0.492 e. The van der Waals surface area contributed by atoms with Gasteiger partial charge in [0.15, 0.2) is 5.82 Å². The van der Waals surface area contributed by atoms with Crippen LogP contribution in [0.3, 0.4) is 0 Å². The Hall–Kier alpha value is -2.61. The number of hydrogen-bond donors (Lipinski definition) is 3. The number of H-pyrrole nitrogens is 2. The van der Waals surface area contributed by atoms with Crippen LogP contribution in [0.1, 0.15) is 11.4 Å². The van der Waals surface area contributed by atoms with Gasteiger partial charge in [0.1, 0.15) is 12.4 Å². The number of carbonyl (C=O) groups is 1. The molecule has 8 heteroatoms. The number of likely N-dealkylation sites (N-methyl/N-ethyl adjacent to an activating group) is 1. The van der Waals surface area contributed by atoms with Crippen molar-refractivity contribution in [1.82, 2.24) is 20.1 Å². The molecular formula is C14H19N5O3. The second-order valence-corrected chi connectivity index (χ2v) is 4.84. The van der Waals surface area contributed by atoms with Gasteiger partial charge in [0.05, 0.1) is 13.0 Å². The van der Waals surface area contributed by atoms with Crippen molar-refractivity contribution in [3.63, 3.8) is 0 Å². The predicted molar refractivity (Wildman–Crippen MR) is 80.4 cm³/mol. The van der Waals surface area contributed by atoms with Crippen molar-refractivity contribution >= 4 is 5.91 Å². The van der Waals surface area contributed by atoms with Crippen LogP contribution < -0.4 is 16.2 Å². The molecule has 0 atom stereocenters. The van der Waals surface area contributed by atoms with Gasteiger partial charge in [-0.2, -0.15) is 5.10 Å². The summed E-state index contributed by atoms with van der Waals surface area (Å²) in [5.74, 6) is 1.02. The number of aromatic amines is 2. The Morgan fingerprint density at radius 2 is 2.27 bits per heavy atom. The maximum Gasteiger partial charge on any atom is 0.340 e. The van der Waals surface area contributed by atoms with Crippen molar-refractivity contribution in [1.29, 1.82) is 0 Å². The van der Waals surface area contributed by atoms with E-state index in [4.69, 9.17) is 10.5 Å². The third-order valence-corrected chi connectivity index (χ3v) is 3.00. The number of aromatic nitrogens is 3. The Labute approximate surface area is 127 Å². The van der Waals surface area contributed by atoms with Crippen LogP contribution in [0.2, 0.25) is 0 Å². The molecule has 0 aliphatic carbocycles. The van der Waals surface area contributed by atoms with Gasteiger partial charge in [-0.25, -0.2) is 9.89 Å². The van der Waals surface area contributed by atoms with E-state index in [-0.39, 0.29) is 24.6 Å². The summed E-state index contributed by atoms with van der Waals surface area (Å²) in [6.07, 6.45) is 0.241. The number of carbonyl (C=O) groups excluding carboxylic acids is 1. The zero-order chi connectivity index (χ0) is 15.9. The lowest BCUT2D eigenvalue weighted by Crippen LogP contribution is -2.28. The molecule has 1 amide bonds. The minimum atomic E-state index is -0.388. The van der Waals surface area contributed by atoms with Crippen LogP contribution in [-0.4, -0.2) is 46.2 Å². The molecule has 0 spiro atoms. The van der Waals surface area contributed by atoms with E-state index < -0.39 is 0 Å². The summed E-state index contributed by atoms with van der Waals surface area (Å²) in [5.41, 5.74) is 5.85. The molecule has 22 heavy (non-hydrogen) atoms. The van der Waals surface area contributed by atoms with E-state index in [1.54, 1.807) is 7.05 Å². The second kappa shape index (κ2) is 7.41. The molecule has 0 aliphatic heterocycles. The summed E-state index contributed by atoms with van der Waals surface area (Å²) in [6.45, 7) is 1.11. The summed E-state index contributed by atoms with van der Waals surface area (Å²) in [6, 6.07) is 7.33.